The molecule has 3 heteroatoms. The fourth-order valence-electron chi connectivity index (χ4n) is 1.66. The Morgan fingerprint density at radius 3 is 2.81 bits per heavy atom. The van der Waals surface area contributed by atoms with E-state index in [0.717, 1.165) is 5.56 Å². The van der Waals surface area contributed by atoms with Crippen molar-refractivity contribution >= 4 is 5.78 Å². The summed E-state index contributed by atoms with van der Waals surface area (Å²) < 4.78 is 18.0. The van der Waals surface area contributed by atoms with E-state index in [4.69, 9.17) is 4.74 Å². The Balaban J connectivity index is 2.76. The fourth-order valence-corrected chi connectivity index (χ4v) is 1.66. The van der Waals surface area contributed by atoms with Crippen LogP contribution >= 0.6 is 0 Å². The molecule has 1 aromatic carbocycles. The van der Waals surface area contributed by atoms with Crippen LogP contribution in [0.4, 0.5) is 4.39 Å². The number of hydrogen-bond acceptors (Lipinski definition) is 2. The SMILES string of the molecule is COCC(C)CC(=O)c1cc(F)ccc1C. The molecule has 0 amide bonds. The van der Waals surface area contributed by atoms with Crippen molar-refractivity contribution in [3.63, 3.8) is 0 Å². The number of aryl methyl sites for hydroxylation is 1. The zero-order valence-corrected chi connectivity index (χ0v) is 9.92. The summed E-state index contributed by atoms with van der Waals surface area (Å²) in [5, 5.41) is 0. The Hall–Kier alpha value is -1.22. The molecule has 0 N–H and O–H groups in total. The van der Waals surface area contributed by atoms with Crippen molar-refractivity contribution in [2.45, 2.75) is 20.3 Å². The minimum Gasteiger partial charge on any atom is -0.384 e. The van der Waals surface area contributed by atoms with Gasteiger partial charge in [-0.2, -0.15) is 0 Å². The minimum absolute atomic E-state index is 0.0263. The number of carbonyl (C=O) groups excluding carboxylic acids is 1. The van der Waals surface area contributed by atoms with Gasteiger partial charge in [-0.3, -0.25) is 4.79 Å². The maximum Gasteiger partial charge on any atom is 0.163 e. The summed E-state index contributed by atoms with van der Waals surface area (Å²) in [5.74, 6) is -0.241. The molecule has 0 bridgehead atoms. The van der Waals surface area contributed by atoms with Gasteiger partial charge >= 0.3 is 0 Å². The van der Waals surface area contributed by atoms with Crippen LogP contribution in [0.5, 0.6) is 0 Å². The number of rotatable bonds is 5. The van der Waals surface area contributed by atoms with E-state index in [-0.39, 0.29) is 17.5 Å². The highest BCUT2D eigenvalue weighted by Gasteiger charge is 2.13. The molecule has 1 aromatic rings. The summed E-state index contributed by atoms with van der Waals surface area (Å²) in [6, 6.07) is 4.30. The lowest BCUT2D eigenvalue weighted by molar-refractivity contribution is 0.0919. The first-order valence-electron chi connectivity index (χ1n) is 5.33. The van der Waals surface area contributed by atoms with Gasteiger partial charge in [0.05, 0.1) is 0 Å². The van der Waals surface area contributed by atoms with E-state index < -0.39 is 0 Å². The quantitative estimate of drug-likeness (QED) is 0.719. The van der Waals surface area contributed by atoms with Crippen LogP contribution < -0.4 is 0 Å². The highest BCUT2D eigenvalue weighted by Crippen LogP contribution is 2.15. The van der Waals surface area contributed by atoms with Gasteiger partial charge < -0.3 is 4.74 Å². The van der Waals surface area contributed by atoms with E-state index >= 15 is 0 Å². The van der Waals surface area contributed by atoms with Gasteiger partial charge in [0.2, 0.25) is 0 Å². The summed E-state index contributed by atoms with van der Waals surface area (Å²) in [6.07, 6.45) is 0.387. The summed E-state index contributed by atoms with van der Waals surface area (Å²) in [5.41, 5.74) is 1.29. The average Bonchev–Trinajstić information content (AvgIpc) is 2.21. The highest BCUT2D eigenvalue weighted by molar-refractivity contribution is 5.97. The van der Waals surface area contributed by atoms with Crippen molar-refractivity contribution < 1.29 is 13.9 Å². The van der Waals surface area contributed by atoms with E-state index in [9.17, 15) is 9.18 Å². The van der Waals surface area contributed by atoms with Crippen LogP contribution in [0.25, 0.3) is 0 Å². The second kappa shape index (κ2) is 5.75. The van der Waals surface area contributed by atoms with Gasteiger partial charge in [0, 0.05) is 25.7 Å². The molecule has 0 fully saturated rings. The third kappa shape index (κ3) is 3.42. The number of carbonyl (C=O) groups is 1. The number of Topliss-reactive ketones (excluding diaryl/α,β-unsaturated/α-hetero) is 1. The van der Waals surface area contributed by atoms with Crippen molar-refractivity contribution in [1.82, 2.24) is 0 Å². The second-order valence-electron chi connectivity index (χ2n) is 4.15. The van der Waals surface area contributed by atoms with Gasteiger partial charge in [0.15, 0.2) is 5.78 Å². The molecule has 1 unspecified atom stereocenters. The predicted octanol–water partition coefficient (Wildman–Crippen LogP) is 2.99. The highest BCUT2D eigenvalue weighted by atomic mass is 19.1. The molecule has 16 heavy (non-hydrogen) atoms. The molecule has 0 aliphatic rings. The lowest BCUT2D eigenvalue weighted by Gasteiger charge is -2.10. The Morgan fingerprint density at radius 1 is 1.50 bits per heavy atom. The minimum atomic E-state index is -0.367. The first-order valence-corrected chi connectivity index (χ1v) is 5.33. The predicted molar refractivity (Wildman–Crippen MR) is 61.1 cm³/mol. The van der Waals surface area contributed by atoms with E-state index in [1.807, 2.05) is 13.8 Å². The fraction of sp³-hybridized carbons (Fsp3) is 0.462. The molecular weight excluding hydrogens is 207 g/mol. The Bertz CT molecular complexity index is 374. The Morgan fingerprint density at radius 2 is 2.19 bits per heavy atom. The summed E-state index contributed by atoms with van der Waals surface area (Å²) >= 11 is 0. The summed E-state index contributed by atoms with van der Waals surface area (Å²) in [7, 11) is 1.61. The number of halogens is 1. The Labute approximate surface area is 95.4 Å². The van der Waals surface area contributed by atoms with Crippen molar-refractivity contribution in [3.05, 3.63) is 35.1 Å². The first kappa shape index (κ1) is 12.8. The average molecular weight is 224 g/mol. The number of ether oxygens (including phenoxy) is 1. The largest absolute Gasteiger partial charge is 0.384 e. The molecule has 0 saturated heterocycles. The second-order valence-corrected chi connectivity index (χ2v) is 4.15. The van der Waals surface area contributed by atoms with Crippen LogP contribution in [0.3, 0.4) is 0 Å². The van der Waals surface area contributed by atoms with Crippen LogP contribution in [-0.4, -0.2) is 19.5 Å². The molecular formula is C13H17FO2. The first-order chi connectivity index (χ1) is 7.54. The zero-order valence-electron chi connectivity index (χ0n) is 9.92. The van der Waals surface area contributed by atoms with Crippen molar-refractivity contribution in [1.29, 1.82) is 0 Å². The standard InChI is InChI=1S/C13H17FO2/c1-9(8-16-3)6-13(15)12-7-11(14)5-4-10(12)2/h4-5,7,9H,6,8H2,1-3H3. The monoisotopic (exact) mass is 224 g/mol. The molecule has 0 aromatic heterocycles. The third-order valence-corrected chi connectivity index (χ3v) is 2.49. The van der Waals surface area contributed by atoms with Crippen LogP contribution in [0.15, 0.2) is 18.2 Å². The van der Waals surface area contributed by atoms with Gasteiger partial charge in [-0.05, 0) is 30.5 Å². The normalized spacial score (nSPS) is 12.5. The molecule has 0 saturated carbocycles. The van der Waals surface area contributed by atoms with Crippen LogP contribution in [0.1, 0.15) is 29.3 Å². The van der Waals surface area contributed by atoms with Crippen LogP contribution in [0, 0.1) is 18.7 Å². The zero-order chi connectivity index (χ0) is 12.1. The summed E-state index contributed by atoms with van der Waals surface area (Å²) in [4.78, 5) is 11.9. The van der Waals surface area contributed by atoms with Crippen molar-refractivity contribution in [2.75, 3.05) is 13.7 Å². The van der Waals surface area contributed by atoms with Gasteiger partial charge in [-0.25, -0.2) is 4.39 Å². The van der Waals surface area contributed by atoms with Crippen LogP contribution in [0.2, 0.25) is 0 Å². The number of ketones is 1. The van der Waals surface area contributed by atoms with E-state index in [0.29, 0.717) is 18.6 Å². The topological polar surface area (TPSA) is 26.3 Å². The molecule has 0 aliphatic carbocycles. The molecule has 0 aliphatic heterocycles. The summed E-state index contributed by atoms with van der Waals surface area (Å²) in [6.45, 7) is 4.30. The maximum absolute atomic E-state index is 13.0. The molecule has 1 rings (SSSR count). The number of hydrogen-bond donors (Lipinski definition) is 0. The van der Waals surface area contributed by atoms with Gasteiger partial charge in [-0.1, -0.05) is 13.0 Å². The molecule has 2 nitrogen and oxygen atoms in total. The maximum atomic E-state index is 13.0. The van der Waals surface area contributed by atoms with Crippen LogP contribution in [-0.2, 0) is 4.74 Å². The van der Waals surface area contributed by atoms with Crippen molar-refractivity contribution in [3.8, 4) is 0 Å². The van der Waals surface area contributed by atoms with E-state index in [1.54, 1.807) is 13.2 Å². The van der Waals surface area contributed by atoms with Gasteiger partial charge in [0.1, 0.15) is 5.82 Å². The lowest BCUT2D eigenvalue weighted by Crippen LogP contribution is -2.12. The van der Waals surface area contributed by atoms with Gasteiger partial charge in [0.25, 0.3) is 0 Å². The van der Waals surface area contributed by atoms with E-state index in [2.05, 4.69) is 0 Å². The Kier molecular flexibility index (Phi) is 4.62. The third-order valence-electron chi connectivity index (χ3n) is 2.49. The molecule has 1 atom stereocenters. The smallest absolute Gasteiger partial charge is 0.163 e. The molecule has 0 radical (unpaired) electrons. The van der Waals surface area contributed by atoms with E-state index in [1.165, 1.54) is 12.1 Å². The van der Waals surface area contributed by atoms with Gasteiger partial charge in [-0.15, -0.1) is 0 Å². The van der Waals surface area contributed by atoms with Crippen molar-refractivity contribution in [2.24, 2.45) is 5.92 Å². The number of benzene rings is 1. The lowest BCUT2D eigenvalue weighted by atomic mass is 9.97. The molecule has 0 heterocycles. The number of methoxy groups -OCH3 is 1. The molecule has 88 valence electrons. The molecule has 0 spiro atoms.